The Kier molecular flexibility index (Phi) is 4.47. The molecule has 0 aromatic heterocycles. The smallest absolute Gasteiger partial charge is 0.196 e. The maximum atomic E-state index is 12.5. The van der Waals surface area contributed by atoms with E-state index in [1.165, 1.54) is 0 Å². The van der Waals surface area contributed by atoms with E-state index in [9.17, 15) is 4.79 Å². The van der Waals surface area contributed by atoms with Crippen LogP contribution in [0.4, 0.5) is 0 Å². The van der Waals surface area contributed by atoms with Crippen molar-refractivity contribution in [3.8, 4) is 5.75 Å². The van der Waals surface area contributed by atoms with Gasteiger partial charge in [-0.25, -0.2) is 0 Å². The fourth-order valence-corrected chi connectivity index (χ4v) is 2.31. The number of rotatable bonds is 3. The summed E-state index contributed by atoms with van der Waals surface area (Å²) >= 11 is 8.19. The second-order valence-corrected chi connectivity index (χ2v) is 5.73. The Hall–Kier alpha value is -1.07. The molecular formula is C15H12ClIO2. The number of ketones is 1. The zero-order chi connectivity index (χ0) is 14.0. The fourth-order valence-electron chi connectivity index (χ4n) is 1.79. The molecule has 0 saturated heterocycles. The summed E-state index contributed by atoms with van der Waals surface area (Å²) in [5.41, 5.74) is 2.13. The summed E-state index contributed by atoms with van der Waals surface area (Å²) in [6.07, 6.45) is 0. The van der Waals surface area contributed by atoms with Crippen LogP contribution in [0.1, 0.15) is 21.5 Å². The number of halogens is 2. The molecule has 0 heterocycles. The molecular weight excluding hydrogens is 375 g/mol. The normalized spacial score (nSPS) is 10.3. The molecule has 19 heavy (non-hydrogen) atoms. The number of ether oxygens (including phenoxy) is 1. The molecule has 0 amide bonds. The molecule has 2 rings (SSSR count). The number of methoxy groups -OCH3 is 1. The van der Waals surface area contributed by atoms with Crippen LogP contribution in [-0.4, -0.2) is 12.9 Å². The van der Waals surface area contributed by atoms with Crippen LogP contribution in [0.15, 0.2) is 36.4 Å². The second-order valence-electron chi connectivity index (χ2n) is 4.16. The quantitative estimate of drug-likeness (QED) is 0.574. The molecule has 2 aromatic rings. The highest BCUT2D eigenvalue weighted by molar-refractivity contribution is 14.1. The van der Waals surface area contributed by atoms with Crippen molar-refractivity contribution in [3.05, 3.63) is 61.7 Å². The minimum atomic E-state index is -0.0844. The van der Waals surface area contributed by atoms with E-state index < -0.39 is 0 Å². The van der Waals surface area contributed by atoms with E-state index in [1.807, 2.05) is 25.1 Å². The fraction of sp³-hybridized carbons (Fsp3) is 0.133. The van der Waals surface area contributed by atoms with Gasteiger partial charge in [-0.15, -0.1) is 0 Å². The van der Waals surface area contributed by atoms with Gasteiger partial charge in [-0.2, -0.15) is 0 Å². The molecule has 0 unspecified atom stereocenters. The van der Waals surface area contributed by atoms with Crippen molar-refractivity contribution in [3.63, 3.8) is 0 Å². The minimum absolute atomic E-state index is 0.0844. The van der Waals surface area contributed by atoms with Gasteiger partial charge in [0.25, 0.3) is 0 Å². The monoisotopic (exact) mass is 386 g/mol. The van der Waals surface area contributed by atoms with Crippen LogP contribution in [0.2, 0.25) is 5.02 Å². The van der Waals surface area contributed by atoms with E-state index in [1.54, 1.807) is 25.3 Å². The first-order valence-corrected chi connectivity index (χ1v) is 7.13. The molecule has 0 aliphatic heterocycles. The van der Waals surface area contributed by atoms with E-state index >= 15 is 0 Å². The lowest BCUT2D eigenvalue weighted by Crippen LogP contribution is -2.04. The van der Waals surface area contributed by atoms with Crippen LogP contribution in [0, 0.1) is 10.5 Å². The van der Waals surface area contributed by atoms with Crippen molar-refractivity contribution in [2.75, 3.05) is 7.11 Å². The summed E-state index contributed by atoms with van der Waals surface area (Å²) in [7, 11) is 1.56. The number of carbonyl (C=O) groups excluding carboxylic acids is 1. The molecule has 0 aliphatic carbocycles. The maximum absolute atomic E-state index is 12.5. The average Bonchev–Trinajstić information content (AvgIpc) is 2.41. The summed E-state index contributed by atoms with van der Waals surface area (Å²) in [6.45, 7) is 1.94. The lowest BCUT2D eigenvalue weighted by molar-refractivity contribution is 0.103. The zero-order valence-corrected chi connectivity index (χ0v) is 13.4. The predicted molar refractivity (Wildman–Crippen MR) is 85.3 cm³/mol. The van der Waals surface area contributed by atoms with Gasteiger partial charge in [-0.3, -0.25) is 4.79 Å². The summed E-state index contributed by atoms with van der Waals surface area (Å²) in [4.78, 5) is 12.5. The molecule has 0 fully saturated rings. The van der Waals surface area contributed by atoms with Gasteiger partial charge in [-0.05, 0) is 59.8 Å². The van der Waals surface area contributed by atoms with Crippen molar-refractivity contribution in [1.82, 2.24) is 0 Å². The van der Waals surface area contributed by atoms with Gasteiger partial charge in [0.05, 0.1) is 17.7 Å². The summed E-state index contributed by atoms with van der Waals surface area (Å²) < 4.78 is 6.16. The SMILES string of the molecule is COc1ccc(C)cc1C(=O)c1ccc(I)c(Cl)c1. The number of carbonyl (C=O) groups is 1. The van der Waals surface area contributed by atoms with Gasteiger partial charge in [0.15, 0.2) is 5.78 Å². The molecule has 2 aromatic carbocycles. The Bertz CT molecular complexity index is 638. The predicted octanol–water partition coefficient (Wildman–Crippen LogP) is 4.49. The Morgan fingerprint density at radius 3 is 2.58 bits per heavy atom. The van der Waals surface area contributed by atoms with Crippen LogP contribution in [-0.2, 0) is 0 Å². The summed E-state index contributed by atoms with van der Waals surface area (Å²) in [5, 5.41) is 0.582. The second kappa shape index (κ2) is 5.92. The minimum Gasteiger partial charge on any atom is -0.496 e. The molecule has 0 spiro atoms. The van der Waals surface area contributed by atoms with Crippen LogP contribution in [0.5, 0.6) is 5.75 Å². The summed E-state index contributed by atoms with van der Waals surface area (Å²) in [5.74, 6) is 0.490. The van der Waals surface area contributed by atoms with Crippen molar-refractivity contribution in [2.24, 2.45) is 0 Å². The molecule has 4 heteroatoms. The van der Waals surface area contributed by atoms with E-state index in [0.717, 1.165) is 9.13 Å². The highest BCUT2D eigenvalue weighted by Gasteiger charge is 2.15. The first-order chi connectivity index (χ1) is 9.02. The van der Waals surface area contributed by atoms with Crippen LogP contribution in [0.25, 0.3) is 0 Å². The number of aryl methyl sites for hydroxylation is 1. The maximum Gasteiger partial charge on any atom is 0.196 e. The average molecular weight is 387 g/mol. The molecule has 98 valence electrons. The Morgan fingerprint density at radius 2 is 1.95 bits per heavy atom. The Labute approximate surface area is 130 Å². The Balaban J connectivity index is 2.49. The van der Waals surface area contributed by atoms with Gasteiger partial charge < -0.3 is 4.74 Å². The van der Waals surface area contributed by atoms with Crippen molar-refractivity contribution in [1.29, 1.82) is 0 Å². The number of benzene rings is 2. The molecule has 0 atom stereocenters. The largest absolute Gasteiger partial charge is 0.496 e. The molecule has 0 aliphatic rings. The number of hydrogen-bond donors (Lipinski definition) is 0. The highest BCUT2D eigenvalue weighted by Crippen LogP contribution is 2.25. The van der Waals surface area contributed by atoms with E-state index in [0.29, 0.717) is 21.9 Å². The molecule has 2 nitrogen and oxygen atoms in total. The van der Waals surface area contributed by atoms with Crippen LogP contribution >= 0.6 is 34.2 Å². The van der Waals surface area contributed by atoms with Crippen LogP contribution < -0.4 is 4.74 Å². The standard InChI is InChI=1S/C15H12ClIO2/c1-9-3-6-14(19-2)11(7-9)15(18)10-4-5-13(17)12(16)8-10/h3-8H,1-2H3. The van der Waals surface area contributed by atoms with Gasteiger partial charge in [-0.1, -0.05) is 23.2 Å². The first kappa shape index (κ1) is 14.3. The third-order valence-corrected chi connectivity index (χ3v) is 4.35. The zero-order valence-electron chi connectivity index (χ0n) is 10.5. The van der Waals surface area contributed by atoms with Crippen molar-refractivity contribution in [2.45, 2.75) is 6.92 Å². The lowest BCUT2D eigenvalue weighted by Gasteiger charge is -2.09. The molecule has 0 saturated carbocycles. The van der Waals surface area contributed by atoms with Gasteiger partial charge >= 0.3 is 0 Å². The van der Waals surface area contributed by atoms with Crippen LogP contribution in [0.3, 0.4) is 0 Å². The van der Waals surface area contributed by atoms with Gasteiger partial charge in [0, 0.05) is 9.13 Å². The third-order valence-electron chi connectivity index (χ3n) is 2.78. The topological polar surface area (TPSA) is 26.3 Å². The van der Waals surface area contributed by atoms with Gasteiger partial charge in [0.2, 0.25) is 0 Å². The van der Waals surface area contributed by atoms with E-state index in [4.69, 9.17) is 16.3 Å². The first-order valence-electron chi connectivity index (χ1n) is 5.67. The van der Waals surface area contributed by atoms with Crippen molar-refractivity contribution >= 4 is 40.0 Å². The molecule has 0 N–H and O–H groups in total. The highest BCUT2D eigenvalue weighted by atomic mass is 127. The Morgan fingerprint density at radius 1 is 1.21 bits per heavy atom. The summed E-state index contributed by atoms with van der Waals surface area (Å²) in [6, 6.07) is 10.8. The molecule has 0 radical (unpaired) electrons. The third kappa shape index (κ3) is 3.09. The van der Waals surface area contributed by atoms with E-state index in [2.05, 4.69) is 22.6 Å². The lowest BCUT2D eigenvalue weighted by atomic mass is 10.0. The van der Waals surface area contributed by atoms with Crippen molar-refractivity contribution < 1.29 is 9.53 Å². The van der Waals surface area contributed by atoms with E-state index in [-0.39, 0.29) is 5.78 Å². The van der Waals surface area contributed by atoms with Gasteiger partial charge in [0.1, 0.15) is 5.75 Å². The number of hydrogen-bond acceptors (Lipinski definition) is 2. The molecule has 0 bridgehead atoms.